The number of halogens is 1. The van der Waals surface area contributed by atoms with Crippen LogP contribution in [-0.4, -0.2) is 56.9 Å². The Hall–Kier alpha value is -3.49. The zero-order valence-electron chi connectivity index (χ0n) is 16.3. The van der Waals surface area contributed by atoms with Crippen LogP contribution in [0, 0.1) is 19.7 Å². The average Bonchev–Trinajstić information content (AvgIpc) is 3.08. The van der Waals surface area contributed by atoms with Crippen LogP contribution in [0.15, 0.2) is 42.7 Å². The number of carbonyl (C=O) groups excluding carboxylic acids is 1. The Morgan fingerprint density at radius 2 is 1.69 bits per heavy atom. The van der Waals surface area contributed by atoms with E-state index < -0.39 is 0 Å². The predicted molar refractivity (Wildman–Crippen MR) is 108 cm³/mol. The number of nitrogens with one attached hydrogen (secondary N) is 1. The highest BCUT2D eigenvalue weighted by Gasteiger charge is 2.22. The van der Waals surface area contributed by atoms with E-state index in [9.17, 15) is 9.18 Å². The molecule has 0 radical (unpaired) electrons. The minimum absolute atomic E-state index is 0.192. The number of urea groups is 1. The van der Waals surface area contributed by atoms with Crippen molar-refractivity contribution in [3.63, 3.8) is 0 Å². The van der Waals surface area contributed by atoms with Crippen LogP contribution in [0.4, 0.5) is 20.7 Å². The fourth-order valence-electron chi connectivity index (χ4n) is 3.36. The van der Waals surface area contributed by atoms with Gasteiger partial charge in [-0.2, -0.15) is 5.10 Å². The molecule has 150 valence electrons. The number of anilines is 2. The smallest absolute Gasteiger partial charge is 0.321 e. The number of piperazine rings is 1. The van der Waals surface area contributed by atoms with Gasteiger partial charge in [0.05, 0.1) is 5.69 Å². The predicted octanol–water partition coefficient (Wildman–Crippen LogP) is 2.77. The van der Waals surface area contributed by atoms with Gasteiger partial charge in [0, 0.05) is 43.6 Å². The van der Waals surface area contributed by atoms with Crippen molar-refractivity contribution in [2.75, 3.05) is 36.4 Å². The molecule has 2 aromatic heterocycles. The summed E-state index contributed by atoms with van der Waals surface area (Å²) >= 11 is 0. The van der Waals surface area contributed by atoms with E-state index in [1.54, 1.807) is 21.7 Å². The Balaban J connectivity index is 1.39. The second-order valence-electron chi connectivity index (χ2n) is 6.98. The summed E-state index contributed by atoms with van der Waals surface area (Å²) < 4.78 is 14.8. The molecule has 0 bridgehead atoms. The van der Waals surface area contributed by atoms with Crippen LogP contribution >= 0.6 is 0 Å². The molecule has 0 aliphatic carbocycles. The van der Waals surface area contributed by atoms with E-state index in [1.165, 1.54) is 18.5 Å². The molecule has 2 amide bonds. The van der Waals surface area contributed by atoms with Gasteiger partial charge in [-0.1, -0.05) is 0 Å². The first kappa shape index (κ1) is 18.9. The van der Waals surface area contributed by atoms with E-state index in [1.807, 2.05) is 26.0 Å². The Morgan fingerprint density at radius 1 is 1.00 bits per heavy atom. The summed E-state index contributed by atoms with van der Waals surface area (Å²) in [4.78, 5) is 25.0. The molecule has 9 heteroatoms. The fourth-order valence-corrected chi connectivity index (χ4v) is 3.36. The maximum atomic E-state index is 13.0. The monoisotopic (exact) mass is 395 g/mol. The molecule has 29 heavy (non-hydrogen) atoms. The Labute approximate surface area is 168 Å². The van der Waals surface area contributed by atoms with Crippen LogP contribution in [-0.2, 0) is 0 Å². The number of nitrogens with zero attached hydrogens (tertiary/aromatic N) is 6. The molecule has 3 aromatic rings. The number of hydrogen-bond donors (Lipinski definition) is 1. The largest absolute Gasteiger partial charge is 0.353 e. The molecule has 1 aliphatic heterocycles. The standard InChI is InChI=1S/C20H22FN7O/c1-14-11-15(2)28(25-14)19-12-18(22-13-23-19)26-7-9-27(10-8-26)20(29)24-17-5-3-16(21)4-6-17/h3-6,11-13H,7-10H2,1-2H3,(H,24,29). The number of carbonyl (C=O) groups is 1. The van der Waals surface area contributed by atoms with Gasteiger partial charge in [-0.25, -0.2) is 23.8 Å². The topological polar surface area (TPSA) is 79.2 Å². The molecule has 0 spiro atoms. The molecule has 8 nitrogen and oxygen atoms in total. The number of benzene rings is 1. The van der Waals surface area contributed by atoms with Crippen LogP contribution < -0.4 is 10.2 Å². The normalized spacial score (nSPS) is 14.2. The van der Waals surface area contributed by atoms with Gasteiger partial charge < -0.3 is 15.1 Å². The highest BCUT2D eigenvalue weighted by molar-refractivity contribution is 5.89. The van der Waals surface area contributed by atoms with Crippen molar-refractivity contribution in [1.29, 1.82) is 0 Å². The second kappa shape index (κ2) is 7.86. The Bertz CT molecular complexity index is 1010. The summed E-state index contributed by atoms with van der Waals surface area (Å²) in [5.41, 5.74) is 2.52. The maximum Gasteiger partial charge on any atom is 0.321 e. The molecule has 1 saturated heterocycles. The third kappa shape index (κ3) is 4.18. The summed E-state index contributed by atoms with van der Waals surface area (Å²) in [5.74, 6) is 1.19. The lowest BCUT2D eigenvalue weighted by Crippen LogP contribution is -2.50. The van der Waals surface area contributed by atoms with E-state index in [-0.39, 0.29) is 11.8 Å². The summed E-state index contributed by atoms with van der Waals surface area (Å²) in [6, 6.07) is 9.46. The Kier molecular flexibility index (Phi) is 5.11. The van der Waals surface area contributed by atoms with E-state index in [4.69, 9.17) is 0 Å². The van der Waals surface area contributed by atoms with Gasteiger partial charge in [0.1, 0.15) is 18.0 Å². The lowest BCUT2D eigenvalue weighted by Gasteiger charge is -2.35. The lowest BCUT2D eigenvalue weighted by molar-refractivity contribution is 0.208. The molecule has 0 saturated carbocycles. The summed E-state index contributed by atoms with van der Waals surface area (Å²) in [7, 11) is 0. The van der Waals surface area contributed by atoms with E-state index in [0.717, 1.165) is 23.0 Å². The molecule has 0 atom stereocenters. The van der Waals surface area contributed by atoms with Crippen LogP contribution in [0.1, 0.15) is 11.4 Å². The van der Waals surface area contributed by atoms with Crippen molar-refractivity contribution in [3.8, 4) is 5.82 Å². The van der Waals surface area contributed by atoms with Crippen molar-refractivity contribution in [2.24, 2.45) is 0 Å². The minimum Gasteiger partial charge on any atom is -0.353 e. The highest BCUT2D eigenvalue weighted by atomic mass is 19.1. The van der Waals surface area contributed by atoms with Crippen LogP contribution in [0.5, 0.6) is 0 Å². The molecular weight excluding hydrogens is 373 g/mol. The molecule has 0 unspecified atom stereocenters. The van der Waals surface area contributed by atoms with Gasteiger partial charge in [-0.3, -0.25) is 0 Å². The van der Waals surface area contributed by atoms with Crippen molar-refractivity contribution in [2.45, 2.75) is 13.8 Å². The van der Waals surface area contributed by atoms with Gasteiger partial charge in [0.25, 0.3) is 0 Å². The molecule has 1 aliphatic rings. The number of rotatable bonds is 3. The third-order valence-corrected chi connectivity index (χ3v) is 4.85. The zero-order valence-corrected chi connectivity index (χ0v) is 16.3. The fraction of sp³-hybridized carbons (Fsp3) is 0.300. The Morgan fingerprint density at radius 3 is 2.34 bits per heavy atom. The van der Waals surface area contributed by atoms with Gasteiger partial charge in [0.2, 0.25) is 0 Å². The first-order valence-corrected chi connectivity index (χ1v) is 9.42. The van der Waals surface area contributed by atoms with E-state index >= 15 is 0 Å². The molecule has 1 fully saturated rings. The number of aryl methyl sites for hydroxylation is 2. The molecule has 3 heterocycles. The van der Waals surface area contributed by atoms with Crippen LogP contribution in [0.25, 0.3) is 5.82 Å². The number of hydrogen-bond acceptors (Lipinski definition) is 5. The first-order valence-electron chi connectivity index (χ1n) is 9.42. The van der Waals surface area contributed by atoms with Crippen molar-refractivity contribution < 1.29 is 9.18 Å². The number of aromatic nitrogens is 4. The van der Waals surface area contributed by atoms with Crippen molar-refractivity contribution in [1.82, 2.24) is 24.6 Å². The lowest BCUT2D eigenvalue weighted by atomic mass is 10.3. The van der Waals surface area contributed by atoms with Crippen LogP contribution in [0.3, 0.4) is 0 Å². The van der Waals surface area contributed by atoms with Gasteiger partial charge in [-0.05, 0) is 44.2 Å². The van der Waals surface area contributed by atoms with Gasteiger partial charge in [0.15, 0.2) is 5.82 Å². The van der Waals surface area contributed by atoms with Crippen molar-refractivity contribution >= 4 is 17.5 Å². The minimum atomic E-state index is -0.332. The van der Waals surface area contributed by atoms with Gasteiger partial charge >= 0.3 is 6.03 Å². The second-order valence-corrected chi connectivity index (χ2v) is 6.98. The molecule has 4 rings (SSSR count). The number of amides is 2. The third-order valence-electron chi connectivity index (χ3n) is 4.85. The summed E-state index contributed by atoms with van der Waals surface area (Å²) in [6.07, 6.45) is 1.54. The highest BCUT2D eigenvalue weighted by Crippen LogP contribution is 2.18. The van der Waals surface area contributed by atoms with Crippen LogP contribution in [0.2, 0.25) is 0 Å². The van der Waals surface area contributed by atoms with E-state index in [0.29, 0.717) is 31.9 Å². The quantitative estimate of drug-likeness (QED) is 0.738. The van der Waals surface area contributed by atoms with Crippen molar-refractivity contribution in [3.05, 3.63) is 59.9 Å². The van der Waals surface area contributed by atoms with E-state index in [2.05, 4.69) is 25.3 Å². The summed E-state index contributed by atoms with van der Waals surface area (Å²) in [6.45, 7) is 6.37. The summed E-state index contributed by atoms with van der Waals surface area (Å²) in [5, 5.41) is 7.27. The molecule has 1 N–H and O–H groups in total. The zero-order chi connectivity index (χ0) is 20.4. The maximum absolute atomic E-state index is 13.0. The molecular formula is C20H22FN7O. The average molecular weight is 395 g/mol. The first-order chi connectivity index (χ1) is 14.0. The molecule has 1 aromatic carbocycles. The SMILES string of the molecule is Cc1cc(C)n(-c2cc(N3CCN(C(=O)Nc4ccc(F)cc4)CC3)ncn2)n1. The van der Waals surface area contributed by atoms with Gasteiger partial charge in [-0.15, -0.1) is 0 Å².